The van der Waals surface area contributed by atoms with E-state index in [-0.39, 0.29) is 17.2 Å². The molecule has 4 rings (SSSR count). The van der Waals surface area contributed by atoms with Crippen molar-refractivity contribution in [3.63, 3.8) is 0 Å². The standard InChI is InChI=1S/C28H29NO5S/c1-19-5-6-22(16-20(19)2)18-25(30)17-21-7-9-23(10-8-21)24-11-13-26(14-12-24)35(33,34)29-15-3-4-27(29)28(31)32/h5-14,16,27H,3-4,15,17-18H2,1-2H3,(H,31,32)/t27-/m0/s1. The zero-order valence-corrected chi connectivity index (χ0v) is 20.7. The number of rotatable bonds is 8. The molecule has 0 aromatic heterocycles. The molecule has 0 amide bonds. The van der Waals surface area contributed by atoms with Gasteiger partial charge in [-0.25, -0.2) is 8.42 Å². The molecule has 0 bridgehead atoms. The number of nitrogens with zero attached hydrogens (tertiary/aromatic N) is 1. The highest BCUT2D eigenvalue weighted by Gasteiger charge is 2.39. The number of ketones is 1. The molecular weight excluding hydrogens is 462 g/mol. The first-order valence-corrected chi connectivity index (χ1v) is 13.1. The lowest BCUT2D eigenvalue weighted by atomic mass is 9.98. The van der Waals surface area contributed by atoms with Crippen molar-refractivity contribution < 1.29 is 23.1 Å². The van der Waals surface area contributed by atoms with Crippen molar-refractivity contribution >= 4 is 21.8 Å². The zero-order chi connectivity index (χ0) is 25.2. The maximum Gasteiger partial charge on any atom is 0.322 e. The summed E-state index contributed by atoms with van der Waals surface area (Å²) in [5.41, 5.74) is 6.09. The van der Waals surface area contributed by atoms with Crippen molar-refractivity contribution in [3.05, 3.63) is 89.0 Å². The van der Waals surface area contributed by atoms with Gasteiger partial charge in [-0.05, 0) is 72.2 Å². The minimum Gasteiger partial charge on any atom is -0.480 e. The van der Waals surface area contributed by atoms with Gasteiger partial charge in [-0.3, -0.25) is 9.59 Å². The van der Waals surface area contributed by atoms with Crippen molar-refractivity contribution in [2.24, 2.45) is 0 Å². The Morgan fingerprint density at radius 1 is 0.857 bits per heavy atom. The fourth-order valence-electron chi connectivity index (χ4n) is 4.48. The third-order valence-electron chi connectivity index (χ3n) is 6.61. The summed E-state index contributed by atoms with van der Waals surface area (Å²) in [6, 6.07) is 19.2. The molecule has 6 nitrogen and oxygen atoms in total. The molecule has 182 valence electrons. The van der Waals surface area contributed by atoms with E-state index in [1.54, 1.807) is 12.1 Å². The monoisotopic (exact) mass is 491 g/mol. The molecule has 0 radical (unpaired) electrons. The summed E-state index contributed by atoms with van der Waals surface area (Å²) in [5.74, 6) is -0.965. The Labute approximate surface area is 206 Å². The summed E-state index contributed by atoms with van der Waals surface area (Å²) >= 11 is 0. The second-order valence-electron chi connectivity index (χ2n) is 9.14. The maximum atomic E-state index is 12.9. The molecule has 3 aromatic rings. The first kappa shape index (κ1) is 24.8. The molecule has 1 N–H and O–H groups in total. The van der Waals surface area contributed by atoms with Crippen LogP contribution in [0.5, 0.6) is 0 Å². The van der Waals surface area contributed by atoms with E-state index < -0.39 is 22.0 Å². The highest BCUT2D eigenvalue weighted by Crippen LogP contribution is 2.28. The van der Waals surface area contributed by atoms with E-state index in [0.29, 0.717) is 25.7 Å². The Hall–Kier alpha value is -3.29. The van der Waals surface area contributed by atoms with E-state index in [0.717, 1.165) is 26.6 Å². The Kier molecular flexibility index (Phi) is 7.19. The van der Waals surface area contributed by atoms with E-state index in [1.807, 2.05) is 43.3 Å². The van der Waals surface area contributed by atoms with Crippen molar-refractivity contribution in [2.75, 3.05) is 6.54 Å². The number of carbonyl (C=O) groups excluding carboxylic acids is 1. The first-order valence-electron chi connectivity index (χ1n) is 11.7. The molecule has 1 saturated heterocycles. The molecule has 1 aliphatic rings. The van der Waals surface area contributed by atoms with Crippen molar-refractivity contribution in [3.8, 4) is 11.1 Å². The van der Waals surface area contributed by atoms with Gasteiger partial charge in [0.05, 0.1) is 4.90 Å². The molecule has 1 heterocycles. The van der Waals surface area contributed by atoms with Crippen molar-refractivity contribution in [1.82, 2.24) is 4.31 Å². The van der Waals surface area contributed by atoms with E-state index >= 15 is 0 Å². The van der Waals surface area contributed by atoms with Gasteiger partial charge in [0.15, 0.2) is 0 Å². The van der Waals surface area contributed by atoms with Gasteiger partial charge in [-0.2, -0.15) is 4.31 Å². The number of Topliss-reactive ketones (excluding diaryl/α,β-unsaturated/α-hetero) is 1. The summed E-state index contributed by atoms with van der Waals surface area (Å²) in [6.07, 6.45) is 1.61. The Bertz CT molecular complexity index is 1350. The number of carboxylic acids is 1. The smallest absolute Gasteiger partial charge is 0.322 e. The predicted octanol–water partition coefficient (Wildman–Crippen LogP) is 4.56. The second kappa shape index (κ2) is 10.1. The van der Waals surface area contributed by atoms with Gasteiger partial charge >= 0.3 is 5.97 Å². The SMILES string of the molecule is Cc1ccc(CC(=O)Cc2ccc(-c3ccc(S(=O)(=O)N4CCC[C@H]4C(=O)O)cc3)cc2)cc1C. The van der Waals surface area contributed by atoms with E-state index in [2.05, 4.69) is 13.0 Å². The molecule has 1 fully saturated rings. The summed E-state index contributed by atoms with van der Waals surface area (Å²) < 4.78 is 27.0. The maximum absolute atomic E-state index is 12.9. The molecular formula is C28H29NO5S. The number of hydrogen-bond donors (Lipinski definition) is 1. The fourth-order valence-corrected chi connectivity index (χ4v) is 6.13. The van der Waals surface area contributed by atoms with Crippen LogP contribution < -0.4 is 0 Å². The summed E-state index contributed by atoms with van der Waals surface area (Å²) in [5, 5.41) is 9.33. The number of carbonyl (C=O) groups is 2. The predicted molar refractivity (Wildman–Crippen MR) is 135 cm³/mol. The van der Waals surface area contributed by atoms with Crippen LogP contribution in [0.4, 0.5) is 0 Å². The summed E-state index contributed by atoms with van der Waals surface area (Å²) in [7, 11) is -3.87. The van der Waals surface area contributed by atoms with Crippen LogP contribution in [0.25, 0.3) is 11.1 Å². The molecule has 0 unspecified atom stereocenters. The molecule has 3 aromatic carbocycles. The number of sulfonamides is 1. The normalized spacial score (nSPS) is 16.3. The molecule has 35 heavy (non-hydrogen) atoms. The topological polar surface area (TPSA) is 91.8 Å². The second-order valence-corrected chi connectivity index (χ2v) is 11.0. The molecule has 0 spiro atoms. The minimum atomic E-state index is -3.87. The average Bonchev–Trinajstić information content (AvgIpc) is 3.34. The van der Waals surface area contributed by atoms with Crippen LogP contribution in [0.3, 0.4) is 0 Å². The number of benzene rings is 3. The lowest BCUT2D eigenvalue weighted by molar-refractivity contribution is -0.140. The van der Waals surface area contributed by atoms with E-state index in [9.17, 15) is 23.1 Å². The summed E-state index contributed by atoms with van der Waals surface area (Å²) in [4.78, 5) is 24.0. The number of aliphatic carboxylic acids is 1. The lowest BCUT2D eigenvalue weighted by Crippen LogP contribution is -2.40. The van der Waals surface area contributed by atoms with Crippen LogP contribution in [-0.4, -0.2) is 42.2 Å². The highest BCUT2D eigenvalue weighted by molar-refractivity contribution is 7.89. The van der Waals surface area contributed by atoms with Crippen LogP contribution in [0.1, 0.15) is 35.1 Å². The molecule has 7 heteroatoms. The lowest BCUT2D eigenvalue weighted by Gasteiger charge is -2.21. The van der Waals surface area contributed by atoms with Crippen molar-refractivity contribution in [1.29, 1.82) is 0 Å². The Morgan fingerprint density at radius 3 is 2.03 bits per heavy atom. The van der Waals surface area contributed by atoms with Gasteiger partial charge in [0.2, 0.25) is 10.0 Å². The van der Waals surface area contributed by atoms with Gasteiger partial charge < -0.3 is 5.11 Å². The molecule has 1 aliphatic heterocycles. The van der Waals surface area contributed by atoms with Crippen molar-refractivity contribution in [2.45, 2.75) is 50.5 Å². The van der Waals surface area contributed by atoms with Crippen LogP contribution >= 0.6 is 0 Å². The van der Waals surface area contributed by atoms with Gasteiger partial charge in [0.25, 0.3) is 0 Å². The number of aryl methyl sites for hydroxylation is 2. The Balaban J connectivity index is 1.42. The number of carboxylic acid groups (broad SMARTS) is 1. The minimum absolute atomic E-state index is 0.0861. The number of hydrogen-bond acceptors (Lipinski definition) is 4. The van der Waals surface area contributed by atoms with Gasteiger partial charge in [-0.15, -0.1) is 0 Å². The average molecular weight is 492 g/mol. The van der Waals surface area contributed by atoms with Gasteiger partial charge in [0, 0.05) is 19.4 Å². The third-order valence-corrected chi connectivity index (χ3v) is 8.53. The molecule has 0 aliphatic carbocycles. The van der Waals surface area contributed by atoms with Crippen LogP contribution in [-0.2, 0) is 32.5 Å². The molecule has 1 atom stereocenters. The van der Waals surface area contributed by atoms with Gasteiger partial charge in [-0.1, -0.05) is 54.6 Å². The van der Waals surface area contributed by atoms with Crippen LogP contribution in [0.15, 0.2) is 71.6 Å². The molecule has 0 saturated carbocycles. The quantitative estimate of drug-likeness (QED) is 0.499. The largest absolute Gasteiger partial charge is 0.480 e. The van der Waals surface area contributed by atoms with E-state index in [1.165, 1.54) is 23.3 Å². The van der Waals surface area contributed by atoms with Gasteiger partial charge in [0.1, 0.15) is 11.8 Å². The Morgan fingerprint density at radius 2 is 1.43 bits per heavy atom. The zero-order valence-electron chi connectivity index (χ0n) is 19.9. The van der Waals surface area contributed by atoms with Crippen LogP contribution in [0, 0.1) is 13.8 Å². The van der Waals surface area contributed by atoms with Crippen LogP contribution in [0.2, 0.25) is 0 Å². The first-order chi connectivity index (χ1) is 16.6. The highest BCUT2D eigenvalue weighted by atomic mass is 32.2. The summed E-state index contributed by atoms with van der Waals surface area (Å²) in [6.45, 7) is 4.31. The third kappa shape index (κ3) is 5.52. The van der Waals surface area contributed by atoms with E-state index in [4.69, 9.17) is 0 Å². The fraction of sp³-hybridized carbons (Fsp3) is 0.286.